The summed E-state index contributed by atoms with van der Waals surface area (Å²) in [4.78, 5) is 12.0. The van der Waals surface area contributed by atoms with Gasteiger partial charge < -0.3 is 15.5 Å². The molecule has 1 unspecified atom stereocenters. The molecule has 2 aromatic rings. The van der Waals surface area contributed by atoms with E-state index in [9.17, 15) is 15.0 Å². The van der Waals surface area contributed by atoms with Crippen LogP contribution in [-0.4, -0.2) is 22.2 Å². The topological polar surface area (TPSA) is 69.6 Å². The third kappa shape index (κ3) is 3.29. The monoisotopic (exact) mass is 271 g/mol. The Labute approximate surface area is 117 Å². The van der Waals surface area contributed by atoms with E-state index in [1.54, 1.807) is 0 Å². The number of hydrogen-bond acceptors (Lipinski definition) is 3. The smallest absolute Gasteiger partial charge is 0.255 e. The van der Waals surface area contributed by atoms with Crippen molar-refractivity contribution in [3.05, 3.63) is 59.7 Å². The molecule has 0 aliphatic heterocycles. The predicted molar refractivity (Wildman–Crippen MR) is 76.8 cm³/mol. The van der Waals surface area contributed by atoms with Gasteiger partial charge in [-0.15, -0.1) is 0 Å². The Balaban J connectivity index is 2.02. The molecule has 1 amide bonds. The largest absolute Gasteiger partial charge is 0.504 e. The highest BCUT2D eigenvalue weighted by molar-refractivity contribution is 5.97. The number of aromatic hydroxyl groups is 2. The SMILES string of the molecule is CC(Cc1ccccc1)NC(=O)c1cccc(O)c1O. The van der Waals surface area contributed by atoms with Crippen molar-refractivity contribution < 1.29 is 15.0 Å². The number of rotatable bonds is 4. The van der Waals surface area contributed by atoms with E-state index in [2.05, 4.69) is 5.32 Å². The maximum atomic E-state index is 12.0. The Bertz CT molecular complexity index is 596. The summed E-state index contributed by atoms with van der Waals surface area (Å²) in [6, 6.07) is 14.1. The molecule has 1 atom stereocenters. The minimum Gasteiger partial charge on any atom is -0.504 e. The zero-order valence-corrected chi connectivity index (χ0v) is 11.2. The molecule has 4 heteroatoms. The maximum absolute atomic E-state index is 12.0. The number of hydrogen-bond donors (Lipinski definition) is 3. The van der Waals surface area contributed by atoms with Crippen LogP contribution in [0.5, 0.6) is 11.5 Å². The average molecular weight is 271 g/mol. The molecule has 2 rings (SSSR count). The summed E-state index contributed by atoms with van der Waals surface area (Å²) in [5, 5.41) is 21.9. The number of benzene rings is 2. The maximum Gasteiger partial charge on any atom is 0.255 e. The highest BCUT2D eigenvalue weighted by Gasteiger charge is 2.15. The van der Waals surface area contributed by atoms with Gasteiger partial charge in [-0.3, -0.25) is 4.79 Å². The van der Waals surface area contributed by atoms with Gasteiger partial charge in [-0.2, -0.15) is 0 Å². The van der Waals surface area contributed by atoms with E-state index >= 15 is 0 Å². The molecule has 0 heterocycles. The molecule has 0 saturated heterocycles. The van der Waals surface area contributed by atoms with Crippen molar-refractivity contribution in [2.24, 2.45) is 0 Å². The van der Waals surface area contributed by atoms with Gasteiger partial charge in [-0.05, 0) is 31.0 Å². The third-order valence-electron chi connectivity index (χ3n) is 3.02. The molecule has 0 bridgehead atoms. The molecule has 2 aromatic carbocycles. The van der Waals surface area contributed by atoms with Gasteiger partial charge in [-0.25, -0.2) is 0 Å². The van der Waals surface area contributed by atoms with Gasteiger partial charge in [0.1, 0.15) is 0 Å². The quantitative estimate of drug-likeness (QED) is 0.748. The number of nitrogens with one attached hydrogen (secondary N) is 1. The summed E-state index contributed by atoms with van der Waals surface area (Å²) in [7, 11) is 0. The molecule has 0 fully saturated rings. The Morgan fingerprint density at radius 1 is 1.10 bits per heavy atom. The lowest BCUT2D eigenvalue weighted by Crippen LogP contribution is -2.34. The van der Waals surface area contributed by atoms with Gasteiger partial charge in [-0.1, -0.05) is 36.4 Å². The molecule has 4 nitrogen and oxygen atoms in total. The third-order valence-corrected chi connectivity index (χ3v) is 3.02. The lowest BCUT2D eigenvalue weighted by atomic mass is 10.1. The van der Waals surface area contributed by atoms with Crippen LogP contribution in [0.4, 0.5) is 0 Å². The minimum atomic E-state index is -0.401. The van der Waals surface area contributed by atoms with E-state index in [1.807, 2.05) is 37.3 Å². The number of phenolic OH excluding ortho intramolecular Hbond substituents is 2. The zero-order chi connectivity index (χ0) is 14.5. The summed E-state index contributed by atoms with van der Waals surface area (Å²) in [5.41, 5.74) is 1.20. The number of carbonyl (C=O) groups is 1. The van der Waals surface area contributed by atoms with Crippen molar-refractivity contribution in [3.63, 3.8) is 0 Å². The Kier molecular flexibility index (Phi) is 4.25. The number of carbonyl (C=O) groups excluding carboxylic acids is 1. The summed E-state index contributed by atoms with van der Waals surface area (Å²) >= 11 is 0. The van der Waals surface area contributed by atoms with Crippen molar-refractivity contribution in [1.82, 2.24) is 5.32 Å². The van der Waals surface area contributed by atoms with Crippen LogP contribution in [0.25, 0.3) is 0 Å². The second kappa shape index (κ2) is 6.10. The fourth-order valence-electron chi connectivity index (χ4n) is 2.03. The van der Waals surface area contributed by atoms with E-state index in [4.69, 9.17) is 0 Å². The number of para-hydroxylation sites is 1. The fraction of sp³-hybridized carbons (Fsp3) is 0.188. The van der Waals surface area contributed by atoms with E-state index in [0.29, 0.717) is 6.42 Å². The van der Waals surface area contributed by atoms with Gasteiger partial charge >= 0.3 is 0 Å². The van der Waals surface area contributed by atoms with Crippen LogP contribution in [0.3, 0.4) is 0 Å². The molecule has 104 valence electrons. The Morgan fingerprint density at radius 2 is 1.80 bits per heavy atom. The first-order valence-corrected chi connectivity index (χ1v) is 6.43. The Hall–Kier alpha value is -2.49. The van der Waals surface area contributed by atoms with Crippen LogP contribution in [0.15, 0.2) is 48.5 Å². The van der Waals surface area contributed by atoms with Crippen LogP contribution in [0, 0.1) is 0 Å². The fourth-order valence-corrected chi connectivity index (χ4v) is 2.03. The summed E-state index contributed by atoms with van der Waals surface area (Å²) in [6.07, 6.45) is 0.701. The molecular formula is C16H17NO3. The van der Waals surface area contributed by atoms with Gasteiger partial charge in [0.05, 0.1) is 5.56 Å². The highest BCUT2D eigenvalue weighted by Crippen LogP contribution is 2.28. The normalized spacial score (nSPS) is 11.8. The minimum absolute atomic E-state index is 0.0740. The van der Waals surface area contributed by atoms with Crippen LogP contribution < -0.4 is 5.32 Å². The molecule has 20 heavy (non-hydrogen) atoms. The van der Waals surface area contributed by atoms with Crippen LogP contribution in [-0.2, 0) is 6.42 Å². The lowest BCUT2D eigenvalue weighted by Gasteiger charge is -2.14. The molecule has 0 aromatic heterocycles. The molecule has 0 aliphatic carbocycles. The number of phenols is 2. The second-order valence-corrected chi connectivity index (χ2v) is 4.74. The molecule has 0 spiro atoms. The second-order valence-electron chi connectivity index (χ2n) is 4.74. The molecule has 3 N–H and O–H groups in total. The van der Waals surface area contributed by atoms with Crippen molar-refractivity contribution in [3.8, 4) is 11.5 Å². The highest BCUT2D eigenvalue weighted by atomic mass is 16.3. The van der Waals surface area contributed by atoms with Crippen LogP contribution in [0.1, 0.15) is 22.8 Å². The summed E-state index contributed by atoms with van der Waals surface area (Å²) in [6.45, 7) is 1.89. The van der Waals surface area contributed by atoms with Crippen molar-refractivity contribution in [2.45, 2.75) is 19.4 Å². The molecule has 0 radical (unpaired) electrons. The Morgan fingerprint density at radius 3 is 2.50 bits per heavy atom. The van der Waals surface area contributed by atoms with Crippen molar-refractivity contribution >= 4 is 5.91 Å². The van der Waals surface area contributed by atoms with Crippen LogP contribution >= 0.6 is 0 Å². The average Bonchev–Trinajstić information content (AvgIpc) is 2.42. The first-order valence-electron chi connectivity index (χ1n) is 6.43. The zero-order valence-electron chi connectivity index (χ0n) is 11.2. The number of amides is 1. The van der Waals surface area contributed by atoms with Gasteiger partial charge in [0.2, 0.25) is 0 Å². The molecule has 0 saturated carbocycles. The van der Waals surface area contributed by atoms with Gasteiger partial charge in [0.15, 0.2) is 11.5 Å². The molecule has 0 aliphatic rings. The summed E-state index contributed by atoms with van der Waals surface area (Å²) in [5.74, 6) is -1.09. The van der Waals surface area contributed by atoms with Crippen molar-refractivity contribution in [1.29, 1.82) is 0 Å². The van der Waals surface area contributed by atoms with Crippen molar-refractivity contribution in [2.75, 3.05) is 0 Å². The van der Waals surface area contributed by atoms with E-state index < -0.39 is 11.7 Å². The van der Waals surface area contributed by atoms with E-state index in [-0.39, 0.29) is 17.4 Å². The first-order chi connectivity index (χ1) is 9.58. The predicted octanol–water partition coefficient (Wildman–Crippen LogP) is 2.46. The summed E-state index contributed by atoms with van der Waals surface area (Å²) < 4.78 is 0. The van der Waals surface area contributed by atoms with Gasteiger partial charge in [0, 0.05) is 6.04 Å². The first kappa shape index (κ1) is 13.9. The van der Waals surface area contributed by atoms with Crippen LogP contribution in [0.2, 0.25) is 0 Å². The van der Waals surface area contributed by atoms with E-state index in [1.165, 1.54) is 18.2 Å². The lowest BCUT2D eigenvalue weighted by molar-refractivity contribution is 0.0936. The van der Waals surface area contributed by atoms with Gasteiger partial charge in [0.25, 0.3) is 5.91 Å². The van der Waals surface area contributed by atoms with E-state index in [0.717, 1.165) is 5.56 Å². The molecular weight excluding hydrogens is 254 g/mol. The standard InChI is InChI=1S/C16H17NO3/c1-11(10-12-6-3-2-4-7-12)17-16(20)13-8-5-9-14(18)15(13)19/h2-9,11,18-19H,10H2,1H3,(H,17,20).